The first-order valence-corrected chi connectivity index (χ1v) is 9.78. The second-order valence-corrected chi connectivity index (χ2v) is 6.97. The third-order valence-electron chi connectivity index (χ3n) is 3.80. The van der Waals surface area contributed by atoms with Crippen LogP contribution in [0, 0.1) is 0 Å². The molecular formula is C20H19NO4S2. The summed E-state index contributed by atoms with van der Waals surface area (Å²) in [7, 11) is 0. The molecule has 0 aliphatic rings. The van der Waals surface area contributed by atoms with Gasteiger partial charge in [-0.1, -0.05) is 6.07 Å². The summed E-state index contributed by atoms with van der Waals surface area (Å²) in [5.74, 6) is 0.354. The fourth-order valence-corrected chi connectivity index (χ4v) is 3.67. The molecule has 0 spiro atoms. The molecule has 140 valence electrons. The summed E-state index contributed by atoms with van der Waals surface area (Å²) in [6.45, 7) is 4.93. The molecular weight excluding hydrogens is 382 g/mol. The monoisotopic (exact) mass is 401 g/mol. The number of carboxylic acids is 1. The summed E-state index contributed by atoms with van der Waals surface area (Å²) >= 11 is 5.67. The SMILES string of the molecule is CCOc1ccc(-c2nc(-c3ccc(S)cc3C(=O)O)cs2)cc1OCC. The zero-order valence-corrected chi connectivity index (χ0v) is 16.6. The van der Waals surface area contributed by atoms with Crippen LogP contribution in [0.4, 0.5) is 0 Å². The van der Waals surface area contributed by atoms with E-state index < -0.39 is 5.97 Å². The van der Waals surface area contributed by atoms with E-state index >= 15 is 0 Å². The van der Waals surface area contributed by atoms with E-state index in [1.807, 2.05) is 37.4 Å². The first-order valence-electron chi connectivity index (χ1n) is 8.45. The van der Waals surface area contributed by atoms with Crippen LogP contribution < -0.4 is 9.47 Å². The van der Waals surface area contributed by atoms with Gasteiger partial charge in [-0.3, -0.25) is 0 Å². The van der Waals surface area contributed by atoms with Crippen molar-refractivity contribution in [2.24, 2.45) is 0 Å². The summed E-state index contributed by atoms with van der Waals surface area (Å²) in [5, 5.41) is 12.1. The van der Waals surface area contributed by atoms with Crippen molar-refractivity contribution < 1.29 is 19.4 Å². The molecule has 7 heteroatoms. The Balaban J connectivity index is 1.99. The van der Waals surface area contributed by atoms with Crippen LogP contribution in [0.25, 0.3) is 21.8 Å². The van der Waals surface area contributed by atoms with Gasteiger partial charge in [-0.15, -0.1) is 24.0 Å². The molecule has 0 fully saturated rings. The molecule has 0 radical (unpaired) electrons. The Kier molecular flexibility index (Phi) is 6.03. The zero-order chi connectivity index (χ0) is 19.4. The minimum Gasteiger partial charge on any atom is -0.490 e. The predicted octanol–water partition coefficient (Wildman–Crippen LogP) is 5.26. The van der Waals surface area contributed by atoms with Gasteiger partial charge in [0, 0.05) is 21.4 Å². The van der Waals surface area contributed by atoms with Gasteiger partial charge in [0.05, 0.1) is 24.5 Å². The maximum atomic E-state index is 11.6. The van der Waals surface area contributed by atoms with Crippen molar-refractivity contribution in [1.29, 1.82) is 0 Å². The smallest absolute Gasteiger partial charge is 0.336 e. The van der Waals surface area contributed by atoms with Crippen LogP contribution in [-0.2, 0) is 0 Å². The highest BCUT2D eigenvalue weighted by Crippen LogP contribution is 2.36. The number of thiazole rings is 1. The molecule has 2 aromatic carbocycles. The van der Waals surface area contributed by atoms with Crippen molar-refractivity contribution in [3.8, 4) is 33.3 Å². The van der Waals surface area contributed by atoms with E-state index in [0.29, 0.717) is 40.9 Å². The molecule has 0 unspecified atom stereocenters. The van der Waals surface area contributed by atoms with E-state index in [-0.39, 0.29) is 5.56 Å². The number of carboxylic acid groups (broad SMARTS) is 1. The number of thiol groups is 1. The third-order valence-corrected chi connectivity index (χ3v) is 4.97. The lowest BCUT2D eigenvalue weighted by molar-refractivity contribution is 0.0697. The maximum absolute atomic E-state index is 11.6. The van der Waals surface area contributed by atoms with Gasteiger partial charge in [0.1, 0.15) is 5.01 Å². The van der Waals surface area contributed by atoms with Gasteiger partial charge in [0.2, 0.25) is 0 Å². The Hall–Kier alpha value is -2.51. The molecule has 0 aliphatic heterocycles. The fourth-order valence-electron chi connectivity index (χ4n) is 2.65. The summed E-state index contributed by atoms with van der Waals surface area (Å²) in [6, 6.07) is 10.7. The van der Waals surface area contributed by atoms with E-state index in [4.69, 9.17) is 9.47 Å². The van der Waals surface area contributed by atoms with Gasteiger partial charge >= 0.3 is 5.97 Å². The maximum Gasteiger partial charge on any atom is 0.336 e. The molecule has 0 atom stereocenters. The summed E-state index contributed by atoms with van der Waals surface area (Å²) < 4.78 is 11.3. The number of rotatable bonds is 7. The average molecular weight is 402 g/mol. The Morgan fingerprint density at radius 3 is 2.56 bits per heavy atom. The molecule has 1 N–H and O–H groups in total. The molecule has 0 amide bonds. The zero-order valence-electron chi connectivity index (χ0n) is 14.9. The first-order chi connectivity index (χ1) is 13.0. The van der Waals surface area contributed by atoms with E-state index in [0.717, 1.165) is 10.6 Å². The van der Waals surface area contributed by atoms with Crippen LogP contribution in [0.5, 0.6) is 11.5 Å². The molecule has 0 saturated heterocycles. The summed E-state index contributed by atoms with van der Waals surface area (Å²) in [4.78, 5) is 16.8. The summed E-state index contributed by atoms with van der Waals surface area (Å²) in [5.41, 5.74) is 2.26. The van der Waals surface area contributed by atoms with Crippen LogP contribution in [0.3, 0.4) is 0 Å². The van der Waals surface area contributed by atoms with E-state index in [2.05, 4.69) is 17.6 Å². The molecule has 1 aromatic heterocycles. The Morgan fingerprint density at radius 2 is 1.85 bits per heavy atom. The highest BCUT2D eigenvalue weighted by atomic mass is 32.1. The van der Waals surface area contributed by atoms with Gasteiger partial charge in [-0.2, -0.15) is 0 Å². The van der Waals surface area contributed by atoms with Crippen LogP contribution in [0.1, 0.15) is 24.2 Å². The quantitative estimate of drug-likeness (QED) is 0.529. The van der Waals surface area contributed by atoms with E-state index in [9.17, 15) is 9.90 Å². The summed E-state index contributed by atoms with van der Waals surface area (Å²) in [6.07, 6.45) is 0. The van der Waals surface area contributed by atoms with Gasteiger partial charge in [-0.25, -0.2) is 9.78 Å². The minimum atomic E-state index is -1.00. The Bertz CT molecular complexity index is 968. The van der Waals surface area contributed by atoms with Crippen molar-refractivity contribution in [2.45, 2.75) is 18.7 Å². The van der Waals surface area contributed by atoms with Gasteiger partial charge in [0.15, 0.2) is 11.5 Å². The average Bonchev–Trinajstić information content (AvgIpc) is 3.13. The Morgan fingerprint density at radius 1 is 1.11 bits per heavy atom. The number of aromatic carboxylic acids is 1. The van der Waals surface area contributed by atoms with Crippen LogP contribution >= 0.6 is 24.0 Å². The Labute approximate surface area is 167 Å². The number of ether oxygens (including phenoxy) is 2. The normalized spacial score (nSPS) is 10.6. The van der Waals surface area contributed by atoms with Gasteiger partial charge in [-0.05, 0) is 44.2 Å². The first kappa shape index (κ1) is 19.3. The predicted molar refractivity (Wildman–Crippen MR) is 110 cm³/mol. The highest BCUT2D eigenvalue weighted by Gasteiger charge is 2.16. The lowest BCUT2D eigenvalue weighted by atomic mass is 10.1. The molecule has 3 rings (SSSR count). The van der Waals surface area contributed by atoms with Crippen LogP contribution in [0.15, 0.2) is 46.7 Å². The molecule has 3 aromatic rings. The fraction of sp³-hybridized carbons (Fsp3) is 0.200. The van der Waals surface area contributed by atoms with Crippen LogP contribution in [-0.4, -0.2) is 29.3 Å². The number of benzene rings is 2. The van der Waals surface area contributed by atoms with Crippen molar-refractivity contribution in [3.63, 3.8) is 0 Å². The number of hydrogen-bond acceptors (Lipinski definition) is 6. The molecule has 0 aliphatic carbocycles. The lowest BCUT2D eigenvalue weighted by Gasteiger charge is -2.11. The molecule has 0 bridgehead atoms. The molecule has 5 nitrogen and oxygen atoms in total. The number of carbonyl (C=O) groups is 1. The van der Waals surface area contributed by atoms with Crippen molar-refractivity contribution in [3.05, 3.63) is 47.3 Å². The van der Waals surface area contributed by atoms with Crippen molar-refractivity contribution in [1.82, 2.24) is 4.98 Å². The molecule has 0 saturated carbocycles. The van der Waals surface area contributed by atoms with Gasteiger partial charge < -0.3 is 14.6 Å². The van der Waals surface area contributed by atoms with Crippen molar-refractivity contribution in [2.75, 3.05) is 13.2 Å². The minimum absolute atomic E-state index is 0.182. The van der Waals surface area contributed by atoms with Crippen LogP contribution in [0.2, 0.25) is 0 Å². The second-order valence-electron chi connectivity index (χ2n) is 5.60. The van der Waals surface area contributed by atoms with Gasteiger partial charge in [0.25, 0.3) is 0 Å². The van der Waals surface area contributed by atoms with Crippen molar-refractivity contribution >= 4 is 29.9 Å². The highest BCUT2D eigenvalue weighted by molar-refractivity contribution is 7.80. The van der Waals surface area contributed by atoms with E-state index in [1.165, 1.54) is 17.4 Å². The lowest BCUT2D eigenvalue weighted by Crippen LogP contribution is -2.00. The number of aromatic nitrogens is 1. The topological polar surface area (TPSA) is 68.7 Å². The largest absolute Gasteiger partial charge is 0.490 e. The standard InChI is InChI=1S/C20H19NO4S2/c1-3-24-17-8-5-12(9-18(17)25-4-2)19-21-16(11-27-19)14-7-6-13(26)10-15(14)20(22)23/h5-11,26H,3-4H2,1-2H3,(H,22,23). The number of nitrogens with zero attached hydrogens (tertiary/aromatic N) is 1. The molecule has 1 heterocycles. The molecule has 27 heavy (non-hydrogen) atoms. The third kappa shape index (κ3) is 4.26. The van der Waals surface area contributed by atoms with E-state index in [1.54, 1.807) is 12.1 Å². The number of hydrogen-bond donors (Lipinski definition) is 2. The second kappa shape index (κ2) is 8.45.